The highest BCUT2D eigenvalue weighted by atomic mass is 127. The normalized spacial score (nSPS) is 12.4. The minimum atomic E-state index is 0. The maximum Gasteiger partial charge on any atom is 0.192 e. The summed E-state index contributed by atoms with van der Waals surface area (Å²) in [7, 11) is 3.64. The summed E-state index contributed by atoms with van der Waals surface area (Å²) in [5.74, 6) is 3.91. The van der Waals surface area contributed by atoms with Gasteiger partial charge in [0, 0.05) is 26.3 Å². The predicted octanol–water partition coefficient (Wildman–Crippen LogP) is 3.75. The Labute approximate surface area is 209 Å². The number of hydrogen-bond donors (Lipinski definition) is 2. The fourth-order valence-electron chi connectivity index (χ4n) is 3.21. The average molecular weight is 559 g/mol. The number of nitrogens with one attached hydrogen (secondary N) is 2. The topological polar surface area (TPSA) is 85.6 Å². The second-order valence-corrected chi connectivity index (χ2v) is 8.33. The summed E-state index contributed by atoms with van der Waals surface area (Å²) in [5, 5.41) is 14.9. The highest BCUT2D eigenvalue weighted by molar-refractivity contribution is 14.0. The molecule has 8 nitrogen and oxygen atoms in total. The van der Waals surface area contributed by atoms with Gasteiger partial charge in [-0.05, 0) is 44.7 Å². The van der Waals surface area contributed by atoms with E-state index in [1.165, 1.54) is 5.56 Å². The molecule has 0 aliphatic heterocycles. The molecule has 0 fully saturated rings. The molecular formula is C23H39IN6O2. The third-order valence-corrected chi connectivity index (χ3v) is 4.96. The van der Waals surface area contributed by atoms with Crippen LogP contribution in [0.1, 0.15) is 50.0 Å². The molecule has 32 heavy (non-hydrogen) atoms. The minimum absolute atomic E-state index is 0. The number of methoxy groups -OCH3 is 1. The van der Waals surface area contributed by atoms with E-state index in [4.69, 9.17) is 14.5 Å². The van der Waals surface area contributed by atoms with Crippen LogP contribution < -0.4 is 15.4 Å². The van der Waals surface area contributed by atoms with Crippen molar-refractivity contribution in [2.45, 2.75) is 60.2 Å². The second kappa shape index (κ2) is 14.3. The lowest BCUT2D eigenvalue weighted by atomic mass is 10.1. The first-order chi connectivity index (χ1) is 14.8. The zero-order valence-electron chi connectivity index (χ0n) is 20.4. The number of rotatable bonds is 11. The molecule has 1 heterocycles. The molecule has 1 atom stereocenters. The van der Waals surface area contributed by atoms with Crippen molar-refractivity contribution >= 4 is 29.9 Å². The number of benzene rings is 1. The van der Waals surface area contributed by atoms with Gasteiger partial charge < -0.3 is 24.7 Å². The lowest BCUT2D eigenvalue weighted by molar-refractivity contribution is 0.191. The summed E-state index contributed by atoms with van der Waals surface area (Å²) in [4.78, 5) is 4.78. The Balaban J connectivity index is 0.00000512. The monoisotopic (exact) mass is 558 g/mol. The summed E-state index contributed by atoms with van der Waals surface area (Å²) in [6, 6.07) is 6.28. The minimum Gasteiger partial charge on any atom is -0.490 e. The molecule has 0 saturated carbocycles. The lowest BCUT2D eigenvalue weighted by Crippen LogP contribution is -2.39. The zero-order chi connectivity index (χ0) is 22.8. The number of guanidine groups is 1. The molecule has 180 valence electrons. The molecule has 0 amide bonds. The molecule has 1 aromatic carbocycles. The number of aromatic nitrogens is 3. The Bertz CT molecular complexity index is 853. The Kier molecular flexibility index (Phi) is 12.6. The summed E-state index contributed by atoms with van der Waals surface area (Å²) in [5.41, 5.74) is 2.23. The molecule has 0 aliphatic carbocycles. The van der Waals surface area contributed by atoms with Gasteiger partial charge in [0.05, 0.1) is 25.8 Å². The van der Waals surface area contributed by atoms with Gasteiger partial charge >= 0.3 is 0 Å². The lowest BCUT2D eigenvalue weighted by Gasteiger charge is -2.19. The number of halogens is 1. The van der Waals surface area contributed by atoms with E-state index < -0.39 is 0 Å². The Morgan fingerprint density at radius 2 is 1.91 bits per heavy atom. The number of hydrogen-bond acceptors (Lipinski definition) is 5. The fourth-order valence-corrected chi connectivity index (χ4v) is 3.21. The van der Waals surface area contributed by atoms with Crippen LogP contribution in [0.3, 0.4) is 0 Å². The van der Waals surface area contributed by atoms with E-state index in [2.05, 4.69) is 66.7 Å². The van der Waals surface area contributed by atoms with Gasteiger partial charge in [-0.3, -0.25) is 0 Å². The molecule has 0 saturated heterocycles. The third kappa shape index (κ3) is 9.32. The van der Waals surface area contributed by atoms with Crippen LogP contribution in [0.25, 0.3) is 0 Å². The van der Waals surface area contributed by atoms with E-state index in [-0.39, 0.29) is 30.1 Å². The molecule has 2 rings (SSSR count). The SMILES string of the molecule is COCCNC(=NCc1ccc(C)cc1OC(C)CC(C)C)NCc1nnc(C)n1C.I. The standard InChI is InChI=1S/C23H38N6O2.HI/c1-16(2)12-18(4)31-21-13-17(3)8-9-20(21)14-25-23(24-10-11-30-7)26-15-22-28-27-19(5)29(22)6;/h8-9,13,16,18H,10-12,14-15H2,1-7H3,(H2,24,25,26);1H. The molecule has 0 aliphatic rings. The van der Waals surface area contributed by atoms with Crippen molar-refractivity contribution in [3.63, 3.8) is 0 Å². The zero-order valence-corrected chi connectivity index (χ0v) is 22.8. The molecule has 0 bridgehead atoms. The van der Waals surface area contributed by atoms with Crippen molar-refractivity contribution in [3.05, 3.63) is 41.0 Å². The number of aliphatic imine (C=N–C) groups is 1. The largest absolute Gasteiger partial charge is 0.490 e. The van der Waals surface area contributed by atoms with Crippen molar-refractivity contribution < 1.29 is 9.47 Å². The molecule has 0 spiro atoms. The molecule has 2 aromatic rings. The predicted molar refractivity (Wildman–Crippen MR) is 140 cm³/mol. The van der Waals surface area contributed by atoms with Crippen molar-refractivity contribution in [2.75, 3.05) is 20.3 Å². The van der Waals surface area contributed by atoms with Crippen molar-refractivity contribution in [3.8, 4) is 5.75 Å². The van der Waals surface area contributed by atoms with Crippen LogP contribution in [0.5, 0.6) is 5.75 Å². The summed E-state index contributed by atoms with van der Waals surface area (Å²) < 4.78 is 13.4. The first kappa shape index (κ1) is 28.2. The van der Waals surface area contributed by atoms with Gasteiger partial charge in [-0.15, -0.1) is 34.2 Å². The summed E-state index contributed by atoms with van der Waals surface area (Å²) in [6.07, 6.45) is 1.17. The number of aryl methyl sites for hydroxylation is 2. The van der Waals surface area contributed by atoms with Crippen LogP contribution in [-0.4, -0.2) is 47.1 Å². The van der Waals surface area contributed by atoms with Gasteiger partial charge in [-0.1, -0.05) is 26.0 Å². The van der Waals surface area contributed by atoms with Gasteiger partial charge in [0.2, 0.25) is 0 Å². The van der Waals surface area contributed by atoms with Crippen LogP contribution in [0.4, 0.5) is 0 Å². The van der Waals surface area contributed by atoms with E-state index in [0.717, 1.165) is 29.4 Å². The first-order valence-corrected chi connectivity index (χ1v) is 10.9. The first-order valence-electron chi connectivity index (χ1n) is 10.9. The Morgan fingerprint density at radius 3 is 2.53 bits per heavy atom. The van der Waals surface area contributed by atoms with E-state index in [9.17, 15) is 0 Å². The molecule has 9 heteroatoms. The van der Waals surface area contributed by atoms with Gasteiger partial charge in [0.25, 0.3) is 0 Å². The number of ether oxygens (including phenoxy) is 2. The van der Waals surface area contributed by atoms with Crippen LogP contribution in [-0.2, 0) is 24.9 Å². The Morgan fingerprint density at radius 1 is 1.16 bits per heavy atom. The van der Waals surface area contributed by atoms with Crippen molar-refractivity contribution in [1.29, 1.82) is 0 Å². The van der Waals surface area contributed by atoms with Gasteiger partial charge in [-0.2, -0.15) is 0 Å². The second-order valence-electron chi connectivity index (χ2n) is 8.33. The fraction of sp³-hybridized carbons (Fsp3) is 0.609. The Hall–Kier alpha value is -1.88. The molecule has 1 unspecified atom stereocenters. The highest BCUT2D eigenvalue weighted by Crippen LogP contribution is 2.24. The maximum atomic E-state index is 6.26. The van der Waals surface area contributed by atoms with Crippen LogP contribution in [0.15, 0.2) is 23.2 Å². The molecular weight excluding hydrogens is 519 g/mol. The van der Waals surface area contributed by atoms with Crippen LogP contribution in [0, 0.1) is 19.8 Å². The van der Waals surface area contributed by atoms with E-state index >= 15 is 0 Å². The van der Waals surface area contributed by atoms with Crippen LogP contribution in [0.2, 0.25) is 0 Å². The van der Waals surface area contributed by atoms with E-state index in [1.54, 1.807) is 7.11 Å². The number of nitrogens with zero attached hydrogens (tertiary/aromatic N) is 4. The molecule has 2 N–H and O–H groups in total. The van der Waals surface area contributed by atoms with Crippen molar-refractivity contribution in [1.82, 2.24) is 25.4 Å². The van der Waals surface area contributed by atoms with Crippen LogP contribution >= 0.6 is 24.0 Å². The quantitative estimate of drug-likeness (QED) is 0.189. The van der Waals surface area contributed by atoms with E-state index in [0.29, 0.717) is 38.1 Å². The highest BCUT2D eigenvalue weighted by Gasteiger charge is 2.11. The average Bonchev–Trinajstić information content (AvgIpc) is 3.02. The van der Waals surface area contributed by atoms with Gasteiger partial charge in [0.1, 0.15) is 11.6 Å². The molecule has 1 aromatic heterocycles. The van der Waals surface area contributed by atoms with Gasteiger partial charge in [0.15, 0.2) is 11.8 Å². The summed E-state index contributed by atoms with van der Waals surface area (Å²) in [6.45, 7) is 12.8. The summed E-state index contributed by atoms with van der Waals surface area (Å²) >= 11 is 0. The van der Waals surface area contributed by atoms with Crippen molar-refractivity contribution in [2.24, 2.45) is 18.0 Å². The van der Waals surface area contributed by atoms with Gasteiger partial charge in [-0.25, -0.2) is 4.99 Å². The van der Waals surface area contributed by atoms with E-state index in [1.807, 2.05) is 18.5 Å². The molecule has 0 radical (unpaired) electrons. The third-order valence-electron chi connectivity index (χ3n) is 4.96. The smallest absolute Gasteiger partial charge is 0.192 e. The maximum absolute atomic E-state index is 6.26.